The second kappa shape index (κ2) is 5.48. The SMILES string of the molecule is CC1CCC(N)C(CN2CCN3CCCC3C2)C1. The summed E-state index contributed by atoms with van der Waals surface area (Å²) >= 11 is 0. The van der Waals surface area contributed by atoms with Gasteiger partial charge in [0.15, 0.2) is 0 Å². The highest BCUT2D eigenvalue weighted by Crippen LogP contribution is 2.30. The van der Waals surface area contributed by atoms with Crippen LogP contribution in [0, 0.1) is 11.8 Å². The monoisotopic (exact) mass is 251 g/mol. The molecular weight excluding hydrogens is 222 g/mol. The highest BCUT2D eigenvalue weighted by molar-refractivity contribution is 4.89. The Labute approximate surface area is 112 Å². The number of hydrogen-bond acceptors (Lipinski definition) is 3. The predicted octanol–water partition coefficient (Wildman–Crippen LogP) is 1.53. The first kappa shape index (κ1) is 12.9. The molecule has 2 heterocycles. The largest absolute Gasteiger partial charge is 0.327 e. The van der Waals surface area contributed by atoms with Crippen molar-refractivity contribution in [1.82, 2.24) is 9.80 Å². The topological polar surface area (TPSA) is 32.5 Å². The maximum atomic E-state index is 6.33. The number of nitrogens with two attached hydrogens (primary N) is 1. The Morgan fingerprint density at radius 2 is 2.00 bits per heavy atom. The average molecular weight is 251 g/mol. The van der Waals surface area contributed by atoms with Gasteiger partial charge in [-0.05, 0) is 50.5 Å². The second-order valence-electron chi connectivity index (χ2n) is 6.93. The molecule has 3 nitrogen and oxygen atoms in total. The van der Waals surface area contributed by atoms with Gasteiger partial charge in [0.25, 0.3) is 0 Å². The molecule has 1 aliphatic carbocycles. The van der Waals surface area contributed by atoms with Crippen molar-refractivity contribution < 1.29 is 0 Å². The molecule has 2 N–H and O–H groups in total. The average Bonchev–Trinajstić information content (AvgIpc) is 2.81. The van der Waals surface area contributed by atoms with Crippen molar-refractivity contribution in [3.63, 3.8) is 0 Å². The van der Waals surface area contributed by atoms with Crippen LogP contribution in [0.15, 0.2) is 0 Å². The van der Waals surface area contributed by atoms with E-state index < -0.39 is 0 Å². The Balaban J connectivity index is 1.52. The predicted molar refractivity (Wildman–Crippen MR) is 75.5 cm³/mol. The third-order valence-corrected chi connectivity index (χ3v) is 5.47. The van der Waals surface area contributed by atoms with Crippen LogP contribution in [0.4, 0.5) is 0 Å². The van der Waals surface area contributed by atoms with Crippen molar-refractivity contribution in [2.75, 3.05) is 32.7 Å². The second-order valence-corrected chi connectivity index (χ2v) is 6.93. The van der Waals surface area contributed by atoms with Gasteiger partial charge in [-0.2, -0.15) is 0 Å². The van der Waals surface area contributed by atoms with Crippen molar-refractivity contribution in [3.8, 4) is 0 Å². The first-order valence-electron chi connectivity index (χ1n) is 7.94. The Hall–Kier alpha value is -0.120. The Kier molecular flexibility index (Phi) is 3.92. The fourth-order valence-electron chi connectivity index (χ4n) is 4.29. The summed E-state index contributed by atoms with van der Waals surface area (Å²) in [6, 6.07) is 1.32. The minimum Gasteiger partial charge on any atom is -0.327 e. The van der Waals surface area contributed by atoms with E-state index in [2.05, 4.69) is 16.7 Å². The molecule has 2 aliphatic heterocycles. The minimum atomic E-state index is 0.461. The van der Waals surface area contributed by atoms with E-state index in [0.717, 1.165) is 17.9 Å². The lowest BCUT2D eigenvalue weighted by Crippen LogP contribution is -2.53. The minimum absolute atomic E-state index is 0.461. The zero-order valence-corrected chi connectivity index (χ0v) is 11.9. The smallest absolute Gasteiger partial charge is 0.0224 e. The Morgan fingerprint density at radius 3 is 2.89 bits per heavy atom. The van der Waals surface area contributed by atoms with Crippen LogP contribution < -0.4 is 5.73 Å². The molecule has 0 radical (unpaired) electrons. The quantitative estimate of drug-likeness (QED) is 0.808. The molecule has 104 valence electrons. The highest BCUT2D eigenvalue weighted by atomic mass is 15.3. The van der Waals surface area contributed by atoms with Crippen LogP contribution in [-0.2, 0) is 0 Å². The maximum absolute atomic E-state index is 6.33. The van der Waals surface area contributed by atoms with E-state index in [1.807, 2.05) is 0 Å². The molecule has 3 aliphatic rings. The summed E-state index contributed by atoms with van der Waals surface area (Å²) in [6.45, 7) is 8.87. The van der Waals surface area contributed by atoms with E-state index in [-0.39, 0.29) is 0 Å². The summed E-state index contributed by atoms with van der Waals surface area (Å²) in [5.41, 5.74) is 6.33. The summed E-state index contributed by atoms with van der Waals surface area (Å²) in [7, 11) is 0. The lowest BCUT2D eigenvalue weighted by atomic mass is 9.79. The van der Waals surface area contributed by atoms with Crippen molar-refractivity contribution in [1.29, 1.82) is 0 Å². The van der Waals surface area contributed by atoms with Gasteiger partial charge in [0.2, 0.25) is 0 Å². The number of fused-ring (bicyclic) bond motifs is 1. The fraction of sp³-hybridized carbons (Fsp3) is 1.00. The highest BCUT2D eigenvalue weighted by Gasteiger charge is 2.33. The molecule has 0 aromatic heterocycles. The van der Waals surface area contributed by atoms with E-state index in [1.54, 1.807) is 0 Å². The number of hydrogen-bond donors (Lipinski definition) is 1. The molecule has 3 rings (SSSR count). The molecule has 3 fully saturated rings. The van der Waals surface area contributed by atoms with Crippen LogP contribution in [0.5, 0.6) is 0 Å². The van der Waals surface area contributed by atoms with Crippen molar-refractivity contribution in [2.24, 2.45) is 17.6 Å². The van der Waals surface area contributed by atoms with Crippen molar-refractivity contribution >= 4 is 0 Å². The molecular formula is C15H29N3. The third kappa shape index (κ3) is 2.73. The molecule has 0 aromatic carbocycles. The molecule has 0 amide bonds. The maximum Gasteiger partial charge on any atom is 0.0224 e. The van der Waals surface area contributed by atoms with E-state index in [0.29, 0.717) is 6.04 Å². The van der Waals surface area contributed by atoms with Crippen LogP contribution in [0.25, 0.3) is 0 Å². The van der Waals surface area contributed by atoms with Gasteiger partial charge in [-0.25, -0.2) is 0 Å². The first-order chi connectivity index (χ1) is 8.72. The molecule has 3 heteroatoms. The van der Waals surface area contributed by atoms with Gasteiger partial charge in [-0.15, -0.1) is 0 Å². The summed E-state index contributed by atoms with van der Waals surface area (Å²) in [4.78, 5) is 5.40. The van der Waals surface area contributed by atoms with Crippen molar-refractivity contribution in [2.45, 2.75) is 51.1 Å². The van der Waals surface area contributed by atoms with Gasteiger partial charge in [-0.3, -0.25) is 4.90 Å². The van der Waals surface area contributed by atoms with Crippen LogP contribution in [0.3, 0.4) is 0 Å². The van der Waals surface area contributed by atoms with E-state index in [4.69, 9.17) is 5.73 Å². The molecule has 0 aromatic rings. The molecule has 0 bridgehead atoms. The third-order valence-electron chi connectivity index (χ3n) is 5.47. The van der Waals surface area contributed by atoms with Gasteiger partial charge in [-0.1, -0.05) is 6.92 Å². The zero-order valence-electron chi connectivity index (χ0n) is 11.9. The lowest BCUT2D eigenvalue weighted by Gasteiger charge is -2.41. The van der Waals surface area contributed by atoms with Crippen molar-refractivity contribution in [3.05, 3.63) is 0 Å². The lowest BCUT2D eigenvalue weighted by molar-refractivity contribution is 0.0763. The molecule has 0 spiro atoms. The summed E-state index contributed by atoms with van der Waals surface area (Å²) in [5, 5.41) is 0. The van der Waals surface area contributed by atoms with Crippen LogP contribution >= 0.6 is 0 Å². The van der Waals surface area contributed by atoms with E-state index >= 15 is 0 Å². The Morgan fingerprint density at radius 1 is 1.11 bits per heavy atom. The van der Waals surface area contributed by atoms with E-state index in [1.165, 1.54) is 64.8 Å². The fourth-order valence-corrected chi connectivity index (χ4v) is 4.29. The van der Waals surface area contributed by atoms with Gasteiger partial charge in [0, 0.05) is 38.3 Å². The normalized spacial score (nSPS) is 43.0. The summed E-state index contributed by atoms with van der Waals surface area (Å²) in [6.07, 6.45) is 6.78. The van der Waals surface area contributed by atoms with Crippen LogP contribution in [0.2, 0.25) is 0 Å². The summed E-state index contributed by atoms with van der Waals surface area (Å²) < 4.78 is 0. The number of nitrogens with zero attached hydrogens (tertiary/aromatic N) is 2. The summed E-state index contributed by atoms with van der Waals surface area (Å²) in [5.74, 6) is 1.64. The molecule has 4 unspecified atom stereocenters. The van der Waals surface area contributed by atoms with Crippen LogP contribution in [0.1, 0.15) is 39.0 Å². The first-order valence-corrected chi connectivity index (χ1v) is 7.94. The zero-order chi connectivity index (χ0) is 12.5. The molecule has 18 heavy (non-hydrogen) atoms. The van der Waals surface area contributed by atoms with Gasteiger partial charge >= 0.3 is 0 Å². The molecule has 1 saturated carbocycles. The van der Waals surface area contributed by atoms with Gasteiger partial charge in [0.05, 0.1) is 0 Å². The van der Waals surface area contributed by atoms with E-state index in [9.17, 15) is 0 Å². The molecule has 2 saturated heterocycles. The van der Waals surface area contributed by atoms with Gasteiger partial charge < -0.3 is 10.6 Å². The number of piperazine rings is 1. The van der Waals surface area contributed by atoms with Gasteiger partial charge in [0.1, 0.15) is 0 Å². The van der Waals surface area contributed by atoms with Crippen LogP contribution in [-0.4, -0.2) is 54.6 Å². The molecule has 4 atom stereocenters. The standard InChI is InChI=1S/C15H29N3/c1-12-4-5-15(16)13(9-12)10-17-7-8-18-6-2-3-14(18)11-17/h12-15H,2-11,16H2,1H3. The number of rotatable bonds is 2. The Bertz CT molecular complexity index is 281.